The molecule has 3 rings (SSSR count). The minimum absolute atomic E-state index is 0.0984. The number of nitriles is 1. The second-order valence-corrected chi connectivity index (χ2v) is 6.27. The average molecular weight is 362 g/mol. The van der Waals surface area contributed by atoms with Crippen molar-refractivity contribution in [2.75, 3.05) is 11.9 Å². The molecule has 0 fully saturated rings. The van der Waals surface area contributed by atoms with Crippen LogP contribution < -0.4 is 10.7 Å². The van der Waals surface area contributed by atoms with Gasteiger partial charge in [-0.1, -0.05) is 18.2 Å². The molecule has 7 nitrogen and oxygen atoms in total. The van der Waals surface area contributed by atoms with Crippen LogP contribution in [0.2, 0.25) is 0 Å². The average Bonchev–Trinajstić information content (AvgIpc) is 2.65. The van der Waals surface area contributed by atoms with Crippen molar-refractivity contribution in [1.82, 2.24) is 5.43 Å². The van der Waals surface area contributed by atoms with Crippen LogP contribution in [-0.4, -0.2) is 24.3 Å². The van der Waals surface area contributed by atoms with E-state index >= 15 is 0 Å². The molecule has 0 spiro atoms. The number of amides is 2. The summed E-state index contributed by atoms with van der Waals surface area (Å²) in [5.41, 5.74) is 7.45. The summed E-state index contributed by atoms with van der Waals surface area (Å²) in [6.45, 7) is 3.92. The van der Waals surface area contributed by atoms with Gasteiger partial charge in [-0.3, -0.25) is 4.79 Å². The number of nitrogens with zero attached hydrogens (tertiary/aromatic N) is 2. The van der Waals surface area contributed by atoms with Crippen molar-refractivity contribution in [3.8, 4) is 6.07 Å². The van der Waals surface area contributed by atoms with Gasteiger partial charge in [0.15, 0.2) is 0 Å². The summed E-state index contributed by atoms with van der Waals surface area (Å²) >= 11 is 0. The molecule has 0 unspecified atom stereocenters. The number of carbonyl (C=O) groups excluding carboxylic acids is 2. The summed E-state index contributed by atoms with van der Waals surface area (Å²) in [6.07, 6.45) is -0.450. The van der Waals surface area contributed by atoms with Crippen LogP contribution in [0.5, 0.6) is 0 Å². The molecule has 0 radical (unpaired) electrons. The van der Waals surface area contributed by atoms with Crippen molar-refractivity contribution >= 4 is 23.4 Å². The van der Waals surface area contributed by atoms with Crippen LogP contribution in [0, 0.1) is 25.2 Å². The number of ether oxygens (including phenoxy) is 1. The van der Waals surface area contributed by atoms with Gasteiger partial charge < -0.3 is 10.1 Å². The topological polar surface area (TPSA) is 104 Å². The fourth-order valence-corrected chi connectivity index (χ4v) is 2.90. The number of cyclic esters (lactones) is 1. The fraction of sp³-hybridized carbons (Fsp3) is 0.200. The smallest absolute Gasteiger partial charge is 0.428 e. The van der Waals surface area contributed by atoms with E-state index in [0.717, 1.165) is 22.3 Å². The normalized spacial score (nSPS) is 13.1. The van der Waals surface area contributed by atoms with E-state index in [2.05, 4.69) is 21.9 Å². The molecular formula is C20H18N4O3. The summed E-state index contributed by atoms with van der Waals surface area (Å²) in [5.74, 6) is -0.197. The highest BCUT2D eigenvalue weighted by molar-refractivity contribution is 6.04. The van der Waals surface area contributed by atoms with Crippen LogP contribution in [0.1, 0.15) is 27.8 Å². The molecule has 0 saturated heterocycles. The van der Waals surface area contributed by atoms with E-state index in [1.807, 2.05) is 19.9 Å². The van der Waals surface area contributed by atoms with Crippen LogP contribution in [0.4, 0.5) is 10.5 Å². The molecule has 1 aliphatic rings. The predicted octanol–water partition coefficient (Wildman–Crippen LogP) is 2.80. The monoisotopic (exact) mass is 362 g/mol. The highest BCUT2D eigenvalue weighted by atomic mass is 16.6. The Labute approximate surface area is 156 Å². The zero-order chi connectivity index (χ0) is 19.4. The largest absolute Gasteiger partial charge is 0.442 e. The van der Waals surface area contributed by atoms with Gasteiger partial charge in [0, 0.05) is 11.3 Å². The van der Waals surface area contributed by atoms with Crippen LogP contribution in [0.3, 0.4) is 0 Å². The number of aryl methyl sites for hydroxylation is 2. The molecule has 7 heteroatoms. The van der Waals surface area contributed by atoms with Gasteiger partial charge in [0.2, 0.25) is 5.91 Å². The third kappa shape index (κ3) is 4.30. The highest BCUT2D eigenvalue weighted by Crippen LogP contribution is 2.18. The Bertz CT molecular complexity index is 972. The summed E-state index contributed by atoms with van der Waals surface area (Å²) in [6, 6.07) is 13.0. The Hall–Kier alpha value is -3.66. The maximum Gasteiger partial charge on any atom is 0.428 e. The van der Waals surface area contributed by atoms with Gasteiger partial charge in [-0.25, -0.2) is 10.2 Å². The molecule has 0 saturated carbocycles. The Kier molecular flexibility index (Phi) is 5.18. The molecule has 136 valence electrons. The third-order valence-electron chi connectivity index (χ3n) is 4.20. The van der Waals surface area contributed by atoms with Crippen molar-refractivity contribution in [2.24, 2.45) is 5.10 Å². The van der Waals surface area contributed by atoms with E-state index in [9.17, 15) is 14.9 Å². The molecule has 0 bridgehead atoms. The standard InChI is InChI=1S/C20H18N4O3/c1-12-7-13(2)17(15(8-12)10-21)9-19(25)22-16-5-3-14(4-6-16)18-11-27-20(26)24-23-18/h3-8H,9,11H2,1-2H3,(H,22,25)(H,24,26). The van der Waals surface area contributed by atoms with Crippen molar-refractivity contribution in [1.29, 1.82) is 5.26 Å². The van der Waals surface area contributed by atoms with Crippen molar-refractivity contribution in [3.05, 3.63) is 64.2 Å². The van der Waals surface area contributed by atoms with Gasteiger partial charge >= 0.3 is 6.09 Å². The Balaban J connectivity index is 1.69. The fourth-order valence-electron chi connectivity index (χ4n) is 2.90. The molecule has 2 aromatic carbocycles. The molecule has 1 aliphatic heterocycles. The number of benzene rings is 2. The lowest BCUT2D eigenvalue weighted by Gasteiger charge is -2.14. The van der Waals surface area contributed by atoms with Gasteiger partial charge in [0.05, 0.1) is 18.1 Å². The lowest BCUT2D eigenvalue weighted by atomic mass is 9.97. The lowest BCUT2D eigenvalue weighted by Crippen LogP contribution is -2.30. The maximum absolute atomic E-state index is 12.4. The second kappa shape index (κ2) is 7.70. The molecule has 2 N–H and O–H groups in total. The van der Waals surface area contributed by atoms with Crippen molar-refractivity contribution in [2.45, 2.75) is 20.3 Å². The minimum atomic E-state index is -0.578. The van der Waals surface area contributed by atoms with E-state index in [4.69, 9.17) is 4.74 Å². The first-order valence-electron chi connectivity index (χ1n) is 8.36. The summed E-state index contributed by atoms with van der Waals surface area (Å²) in [4.78, 5) is 23.3. The number of carbonyl (C=O) groups is 2. The van der Waals surface area contributed by atoms with Gasteiger partial charge in [-0.2, -0.15) is 10.4 Å². The van der Waals surface area contributed by atoms with Gasteiger partial charge in [-0.15, -0.1) is 0 Å². The van der Waals surface area contributed by atoms with Crippen molar-refractivity contribution < 1.29 is 14.3 Å². The number of hydrogen-bond acceptors (Lipinski definition) is 5. The zero-order valence-electron chi connectivity index (χ0n) is 15.0. The molecule has 0 aromatic heterocycles. The van der Waals surface area contributed by atoms with E-state index in [0.29, 0.717) is 17.0 Å². The number of nitrogens with one attached hydrogen (secondary N) is 2. The Morgan fingerprint density at radius 1 is 1.30 bits per heavy atom. The molecular weight excluding hydrogens is 344 g/mol. The quantitative estimate of drug-likeness (QED) is 0.873. The highest BCUT2D eigenvalue weighted by Gasteiger charge is 2.15. The van der Waals surface area contributed by atoms with Gasteiger partial charge in [0.1, 0.15) is 12.3 Å². The van der Waals surface area contributed by atoms with Crippen LogP contribution >= 0.6 is 0 Å². The first-order chi connectivity index (χ1) is 13.0. The molecule has 1 heterocycles. The second-order valence-electron chi connectivity index (χ2n) is 6.27. The summed E-state index contributed by atoms with van der Waals surface area (Å²) in [5, 5.41) is 16.1. The minimum Gasteiger partial charge on any atom is -0.442 e. The predicted molar refractivity (Wildman–Crippen MR) is 100 cm³/mol. The van der Waals surface area contributed by atoms with Crippen molar-refractivity contribution in [3.63, 3.8) is 0 Å². The van der Waals surface area contributed by atoms with Crippen LogP contribution in [-0.2, 0) is 16.0 Å². The molecule has 2 aromatic rings. The van der Waals surface area contributed by atoms with E-state index in [1.165, 1.54) is 0 Å². The van der Waals surface area contributed by atoms with Gasteiger partial charge in [-0.05, 0) is 48.7 Å². The first kappa shape index (κ1) is 18.1. The number of rotatable bonds is 4. The maximum atomic E-state index is 12.4. The number of anilines is 1. The Morgan fingerprint density at radius 3 is 2.67 bits per heavy atom. The van der Waals surface area contributed by atoms with E-state index in [1.54, 1.807) is 30.3 Å². The SMILES string of the molecule is Cc1cc(C)c(CC(=O)Nc2ccc(C3=NNC(=O)OC3)cc2)c(C#N)c1. The number of hydrazone groups is 1. The summed E-state index contributed by atoms with van der Waals surface area (Å²) < 4.78 is 4.87. The third-order valence-corrected chi connectivity index (χ3v) is 4.20. The Morgan fingerprint density at radius 2 is 2.04 bits per heavy atom. The molecule has 2 amide bonds. The van der Waals surface area contributed by atoms with E-state index < -0.39 is 6.09 Å². The number of hydrogen-bond donors (Lipinski definition) is 2. The van der Waals surface area contributed by atoms with E-state index in [-0.39, 0.29) is 18.9 Å². The summed E-state index contributed by atoms with van der Waals surface area (Å²) in [7, 11) is 0. The van der Waals surface area contributed by atoms with Gasteiger partial charge in [0.25, 0.3) is 0 Å². The van der Waals surface area contributed by atoms with Crippen LogP contribution in [0.15, 0.2) is 41.5 Å². The first-order valence-corrected chi connectivity index (χ1v) is 8.36. The molecule has 0 aliphatic carbocycles. The zero-order valence-corrected chi connectivity index (χ0v) is 15.0. The molecule has 0 atom stereocenters. The lowest BCUT2D eigenvalue weighted by molar-refractivity contribution is -0.115. The van der Waals surface area contributed by atoms with Crippen LogP contribution in [0.25, 0.3) is 0 Å². The molecule has 27 heavy (non-hydrogen) atoms.